The zero-order valence-electron chi connectivity index (χ0n) is 13.6. The van der Waals surface area contributed by atoms with Crippen molar-refractivity contribution in [1.82, 2.24) is 15.0 Å². The van der Waals surface area contributed by atoms with E-state index in [2.05, 4.69) is 40.3 Å². The predicted octanol–water partition coefficient (Wildman–Crippen LogP) is 3.02. The molecule has 4 rings (SSSR count). The molecule has 1 aromatic carbocycles. The first-order valence-electron chi connectivity index (χ1n) is 8.49. The summed E-state index contributed by atoms with van der Waals surface area (Å²) in [5.41, 5.74) is 1.32. The second-order valence-corrected chi connectivity index (χ2v) is 6.83. The molecule has 0 radical (unpaired) electrons. The first kappa shape index (κ1) is 14.7. The van der Waals surface area contributed by atoms with E-state index >= 15 is 0 Å². The first-order valence-corrected chi connectivity index (χ1v) is 8.49. The van der Waals surface area contributed by atoms with Gasteiger partial charge in [-0.2, -0.15) is 4.98 Å². The van der Waals surface area contributed by atoms with Crippen molar-refractivity contribution in [3.63, 3.8) is 0 Å². The third-order valence-corrected chi connectivity index (χ3v) is 4.67. The standard InChI is InChI=1S/C18H23N3O2/c1-21(12-17-19-18(20-23-17)14-6-7-14)11-13-8-9-22-16-5-3-2-4-15(16)10-13/h2-5,13-14H,6-12H2,1H3. The van der Waals surface area contributed by atoms with Crippen molar-refractivity contribution in [3.05, 3.63) is 41.5 Å². The van der Waals surface area contributed by atoms with Crippen molar-refractivity contribution in [2.24, 2.45) is 5.92 Å². The summed E-state index contributed by atoms with van der Waals surface area (Å²) in [4.78, 5) is 6.80. The van der Waals surface area contributed by atoms with Gasteiger partial charge in [-0.1, -0.05) is 23.4 Å². The molecule has 2 heterocycles. The highest BCUT2D eigenvalue weighted by atomic mass is 16.5. The summed E-state index contributed by atoms with van der Waals surface area (Å²) in [6.07, 6.45) is 4.56. The average Bonchev–Trinajstić information content (AvgIpc) is 3.32. The molecule has 1 aliphatic heterocycles. The topological polar surface area (TPSA) is 51.4 Å². The van der Waals surface area contributed by atoms with Crippen LogP contribution in [0.5, 0.6) is 5.75 Å². The van der Waals surface area contributed by atoms with Crippen LogP contribution in [-0.4, -0.2) is 35.2 Å². The Morgan fingerprint density at radius 1 is 1.22 bits per heavy atom. The molecule has 1 aromatic heterocycles. The normalized spacial score (nSPS) is 20.9. The van der Waals surface area contributed by atoms with E-state index in [0.717, 1.165) is 50.0 Å². The molecule has 1 fully saturated rings. The largest absolute Gasteiger partial charge is 0.493 e. The van der Waals surface area contributed by atoms with Gasteiger partial charge in [0.05, 0.1) is 13.2 Å². The fraction of sp³-hybridized carbons (Fsp3) is 0.556. The third kappa shape index (κ3) is 3.55. The van der Waals surface area contributed by atoms with Gasteiger partial charge in [0.25, 0.3) is 0 Å². The summed E-state index contributed by atoms with van der Waals surface area (Å²) < 4.78 is 11.2. The molecule has 1 atom stereocenters. The summed E-state index contributed by atoms with van der Waals surface area (Å²) in [5.74, 6) is 3.82. The number of rotatable bonds is 5. The van der Waals surface area contributed by atoms with E-state index < -0.39 is 0 Å². The van der Waals surface area contributed by atoms with Crippen LogP contribution in [0.15, 0.2) is 28.8 Å². The molecule has 1 aliphatic carbocycles. The Labute approximate surface area is 136 Å². The van der Waals surface area contributed by atoms with Crippen LogP contribution in [0.4, 0.5) is 0 Å². The van der Waals surface area contributed by atoms with Crippen LogP contribution in [0.1, 0.15) is 42.5 Å². The number of para-hydroxylation sites is 1. The molecule has 1 unspecified atom stereocenters. The van der Waals surface area contributed by atoms with E-state index in [9.17, 15) is 0 Å². The molecule has 0 spiro atoms. The molecule has 23 heavy (non-hydrogen) atoms. The van der Waals surface area contributed by atoms with Crippen molar-refractivity contribution < 1.29 is 9.26 Å². The first-order chi connectivity index (χ1) is 11.3. The summed E-state index contributed by atoms with van der Waals surface area (Å²) in [6.45, 7) is 2.53. The Balaban J connectivity index is 1.35. The van der Waals surface area contributed by atoms with Gasteiger partial charge in [-0.25, -0.2) is 0 Å². The molecule has 0 N–H and O–H groups in total. The fourth-order valence-corrected chi connectivity index (χ4v) is 3.29. The Morgan fingerprint density at radius 3 is 2.96 bits per heavy atom. The molecule has 5 heteroatoms. The van der Waals surface area contributed by atoms with Crippen molar-refractivity contribution in [2.45, 2.75) is 38.1 Å². The molecule has 0 amide bonds. The maximum Gasteiger partial charge on any atom is 0.240 e. The second kappa shape index (κ2) is 6.32. The maximum atomic E-state index is 5.86. The van der Waals surface area contributed by atoms with Crippen LogP contribution < -0.4 is 4.74 Å². The minimum atomic E-state index is 0.549. The predicted molar refractivity (Wildman–Crippen MR) is 86.4 cm³/mol. The zero-order valence-corrected chi connectivity index (χ0v) is 13.6. The van der Waals surface area contributed by atoms with Crippen LogP contribution >= 0.6 is 0 Å². The van der Waals surface area contributed by atoms with Crippen LogP contribution in [0, 0.1) is 5.92 Å². The van der Waals surface area contributed by atoms with Crippen LogP contribution in [-0.2, 0) is 13.0 Å². The van der Waals surface area contributed by atoms with Gasteiger partial charge in [-0.15, -0.1) is 0 Å². The highest BCUT2D eigenvalue weighted by Crippen LogP contribution is 2.38. The van der Waals surface area contributed by atoms with Crippen LogP contribution in [0.2, 0.25) is 0 Å². The number of hydrogen-bond acceptors (Lipinski definition) is 5. The summed E-state index contributed by atoms with van der Waals surface area (Å²) in [7, 11) is 2.12. The molecule has 1 saturated carbocycles. The van der Waals surface area contributed by atoms with E-state index in [1.807, 2.05) is 6.07 Å². The lowest BCUT2D eigenvalue weighted by atomic mass is 9.96. The van der Waals surface area contributed by atoms with E-state index in [4.69, 9.17) is 9.26 Å². The number of hydrogen-bond donors (Lipinski definition) is 0. The Bertz CT molecular complexity index is 666. The van der Waals surface area contributed by atoms with E-state index in [1.54, 1.807) is 0 Å². The lowest BCUT2D eigenvalue weighted by Crippen LogP contribution is -2.27. The van der Waals surface area contributed by atoms with Crippen LogP contribution in [0.25, 0.3) is 0 Å². The lowest BCUT2D eigenvalue weighted by molar-refractivity contribution is 0.213. The van der Waals surface area contributed by atoms with Gasteiger partial charge >= 0.3 is 0 Å². The van der Waals surface area contributed by atoms with E-state index in [1.165, 1.54) is 18.4 Å². The molecular weight excluding hydrogens is 290 g/mol. The van der Waals surface area contributed by atoms with E-state index in [0.29, 0.717) is 11.8 Å². The molecule has 2 aromatic rings. The van der Waals surface area contributed by atoms with Gasteiger partial charge in [-0.3, -0.25) is 4.90 Å². The molecule has 122 valence electrons. The van der Waals surface area contributed by atoms with Crippen molar-refractivity contribution in [1.29, 1.82) is 0 Å². The molecule has 5 nitrogen and oxygen atoms in total. The quantitative estimate of drug-likeness (QED) is 0.849. The monoisotopic (exact) mass is 313 g/mol. The number of aromatic nitrogens is 2. The van der Waals surface area contributed by atoms with Crippen molar-refractivity contribution >= 4 is 0 Å². The molecular formula is C18H23N3O2. The molecule has 0 bridgehead atoms. The van der Waals surface area contributed by atoms with Gasteiger partial charge in [0, 0.05) is 12.5 Å². The minimum absolute atomic E-state index is 0.549. The van der Waals surface area contributed by atoms with Gasteiger partial charge in [0.15, 0.2) is 5.82 Å². The van der Waals surface area contributed by atoms with Gasteiger partial charge in [0.1, 0.15) is 5.75 Å². The summed E-state index contributed by atoms with van der Waals surface area (Å²) in [6, 6.07) is 8.37. The highest BCUT2D eigenvalue weighted by Gasteiger charge is 2.29. The van der Waals surface area contributed by atoms with Crippen molar-refractivity contribution in [2.75, 3.05) is 20.2 Å². The maximum absolute atomic E-state index is 5.86. The number of nitrogens with zero attached hydrogens (tertiary/aromatic N) is 3. The molecule has 0 saturated heterocycles. The lowest BCUT2D eigenvalue weighted by Gasteiger charge is -2.21. The second-order valence-electron chi connectivity index (χ2n) is 6.83. The number of benzene rings is 1. The highest BCUT2D eigenvalue weighted by molar-refractivity contribution is 5.34. The number of fused-ring (bicyclic) bond motifs is 1. The van der Waals surface area contributed by atoms with Crippen molar-refractivity contribution in [3.8, 4) is 5.75 Å². The van der Waals surface area contributed by atoms with Gasteiger partial charge < -0.3 is 9.26 Å². The number of ether oxygens (including phenoxy) is 1. The summed E-state index contributed by atoms with van der Waals surface area (Å²) in [5, 5.41) is 4.09. The summed E-state index contributed by atoms with van der Waals surface area (Å²) >= 11 is 0. The third-order valence-electron chi connectivity index (χ3n) is 4.67. The fourth-order valence-electron chi connectivity index (χ4n) is 3.29. The average molecular weight is 313 g/mol. The Kier molecular flexibility index (Phi) is 4.04. The minimum Gasteiger partial charge on any atom is -0.493 e. The Morgan fingerprint density at radius 2 is 2.09 bits per heavy atom. The van der Waals surface area contributed by atoms with Gasteiger partial charge in [0.2, 0.25) is 5.89 Å². The van der Waals surface area contributed by atoms with E-state index in [-0.39, 0.29) is 0 Å². The smallest absolute Gasteiger partial charge is 0.240 e. The SMILES string of the molecule is CN(Cc1nc(C2CC2)no1)CC1CCOc2ccccc2C1. The Hall–Kier alpha value is -1.88. The van der Waals surface area contributed by atoms with Crippen LogP contribution in [0.3, 0.4) is 0 Å². The zero-order chi connectivity index (χ0) is 15.6. The molecule has 2 aliphatic rings. The van der Waals surface area contributed by atoms with Gasteiger partial charge in [-0.05, 0) is 50.3 Å².